The van der Waals surface area contributed by atoms with Crippen molar-refractivity contribution in [3.8, 4) is 0 Å². The summed E-state index contributed by atoms with van der Waals surface area (Å²) in [7, 11) is 1.48. The van der Waals surface area contributed by atoms with Gasteiger partial charge in [0.05, 0.1) is 17.7 Å². The van der Waals surface area contributed by atoms with Crippen LogP contribution in [0.5, 0.6) is 0 Å². The molecule has 0 aliphatic carbocycles. The zero-order valence-corrected chi connectivity index (χ0v) is 9.95. The van der Waals surface area contributed by atoms with Gasteiger partial charge in [-0.1, -0.05) is 0 Å². The number of carbonyl (C=O) groups is 1. The van der Waals surface area contributed by atoms with Crippen molar-refractivity contribution in [1.82, 2.24) is 4.98 Å². The van der Waals surface area contributed by atoms with E-state index in [0.717, 1.165) is 0 Å². The molecule has 0 saturated heterocycles. The maximum atomic E-state index is 12.1. The fraction of sp³-hybridized carbons (Fsp3) is 0.455. The van der Waals surface area contributed by atoms with E-state index in [-0.39, 0.29) is 17.8 Å². The minimum absolute atomic E-state index is 0.0444. The average molecular weight is 262 g/mol. The van der Waals surface area contributed by atoms with Crippen molar-refractivity contribution in [2.75, 3.05) is 18.5 Å². The number of nitrogens with zero attached hydrogens (tertiary/aromatic N) is 2. The quantitative estimate of drug-likeness (QED) is 0.905. The Morgan fingerprint density at radius 3 is 2.50 bits per heavy atom. The molecule has 0 bridgehead atoms. The summed E-state index contributed by atoms with van der Waals surface area (Å²) in [5.74, 6) is -0.786. The number of rotatable bonds is 4. The fourth-order valence-electron chi connectivity index (χ4n) is 1.40. The Bertz CT molecular complexity index is 446. The lowest BCUT2D eigenvalue weighted by molar-refractivity contribution is -0.132. The van der Waals surface area contributed by atoms with Gasteiger partial charge in [-0.2, -0.15) is 13.2 Å². The summed E-state index contributed by atoms with van der Waals surface area (Å²) in [6.45, 7) is 1.28. The van der Waals surface area contributed by atoms with Gasteiger partial charge in [-0.25, -0.2) is 9.78 Å². The van der Waals surface area contributed by atoms with Crippen LogP contribution in [-0.4, -0.2) is 35.8 Å². The first kappa shape index (κ1) is 14.3. The third-order valence-corrected chi connectivity index (χ3v) is 2.42. The van der Waals surface area contributed by atoms with Gasteiger partial charge in [0.15, 0.2) is 0 Å². The largest absolute Gasteiger partial charge is 0.478 e. The highest BCUT2D eigenvalue weighted by Crippen LogP contribution is 2.21. The van der Waals surface area contributed by atoms with Crippen LogP contribution in [0.15, 0.2) is 12.1 Å². The summed E-state index contributed by atoms with van der Waals surface area (Å²) in [4.78, 5) is 16.1. The summed E-state index contributed by atoms with van der Waals surface area (Å²) < 4.78 is 36.2. The summed E-state index contributed by atoms with van der Waals surface area (Å²) >= 11 is 0. The van der Waals surface area contributed by atoms with E-state index in [2.05, 4.69) is 4.98 Å². The molecule has 0 spiro atoms. The molecule has 0 aromatic carbocycles. The molecule has 7 heteroatoms. The summed E-state index contributed by atoms with van der Waals surface area (Å²) in [5.41, 5.74) is 0.321. The standard InChI is InChI=1S/C11H13F3N2O2/c1-7-8(10(17)18)3-4-9(15-7)16(2)6-5-11(12,13)14/h3-4H,5-6H2,1-2H3,(H,17,18). The number of aryl methyl sites for hydroxylation is 1. The number of carboxylic acid groups (broad SMARTS) is 1. The predicted molar refractivity (Wildman–Crippen MR) is 59.9 cm³/mol. The molecule has 0 fully saturated rings. The van der Waals surface area contributed by atoms with Crippen LogP contribution in [0.4, 0.5) is 19.0 Å². The van der Waals surface area contributed by atoms with E-state index in [1.807, 2.05) is 0 Å². The molecular weight excluding hydrogens is 249 g/mol. The van der Waals surface area contributed by atoms with Crippen LogP contribution in [0, 0.1) is 6.92 Å². The minimum atomic E-state index is -4.22. The Labute approximate surface area is 102 Å². The number of alkyl halides is 3. The van der Waals surface area contributed by atoms with Gasteiger partial charge in [0.25, 0.3) is 0 Å². The second kappa shape index (κ2) is 5.24. The van der Waals surface area contributed by atoms with Crippen molar-refractivity contribution in [1.29, 1.82) is 0 Å². The average Bonchev–Trinajstić information content (AvgIpc) is 2.24. The van der Waals surface area contributed by atoms with Gasteiger partial charge in [0, 0.05) is 13.6 Å². The van der Waals surface area contributed by atoms with E-state index in [4.69, 9.17) is 5.11 Å². The first-order valence-corrected chi connectivity index (χ1v) is 5.19. The maximum Gasteiger partial charge on any atom is 0.390 e. The zero-order valence-electron chi connectivity index (χ0n) is 9.95. The number of pyridine rings is 1. The molecule has 4 nitrogen and oxygen atoms in total. The van der Waals surface area contributed by atoms with Crippen LogP contribution in [0.2, 0.25) is 0 Å². The molecule has 100 valence electrons. The van der Waals surface area contributed by atoms with Gasteiger partial charge >= 0.3 is 12.1 Å². The molecule has 0 saturated carbocycles. The van der Waals surface area contributed by atoms with E-state index < -0.39 is 18.6 Å². The van der Waals surface area contributed by atoms with Crippen LogP contribution in [0.25, 0.3) is 0 Å². The van der Waals surface area contributed by atoms with Gasteiger partial charge in [-0.3, -0.25) is 0 Å². The van der Waals surface area contributed by atoms with Gasteiger partial charge < -0.3 is 10.0 Å². The normalized spacial score (nSPS) is 11.4. The molecule has 0 atom stereocenters. The van der Waals surface area contributed by atoms with Crippen LogP contribution < -0.4 is 4.90 Å². The summed E-state index contributed by atoms with van der Waals surface area (Å²) in [6.07, 6.45) is -5.16. The molecule has 0 aliphatic rings. The monoisotopic (exact) mass is 262 g/mol. The van der Waals surface area contributed by atoms with Crippen molar-refractivity contribution in [2.24, 2.45) is 0 Å². The van der Waals surface area contributed by atoms with Gasteiger partial charge in [0.1, 0.15) is 5.82 Å². The molecule has 0 unspecified atom stereocenters. The minimum Gasteiger partial charge on any atom is -0.478 e. The highest BCUT2D eigenvalue weighted by molar-refractivity contribution is 5.89. The fourth-order valence-corrected chi connectivity index (χ4v) is 1.40. The molecule has 0 radical (unpaired) electrons. The second-order valence-electron chi connectivity index (χ2n) is 3.89. The third kappa shape index (κ3) is 3.90. The molecule has 1 heterocycles. The van der Waals surface area contributed by atoms with Crippen molar-refractivity contribution >= 4 is 11.8 Å². The van der Waals surface area contributed by atoms with Crippen LogP contribution in [0.1, 0.15) is 22.5 Å². The number of halogens is 3. The third-order valence-electron chi connectivity index (χ3n) is 2.42. The van der Waals surface area contributed by atoms with Crippen molar-refractivity contribution in [3.63, 3.8) is 0 Å². The molecular formula is C11H13F3N2O2. The molecule has 0 aliphatic heterocycles. The Balaban J connectivity index is 2.78. The van der Waals surface area contributed by atoms with Gasteiger partial charge in [0.2, 0.25) is 0 Å². The van der Waals surface area contributed by atoms with Gasteiger partial charge in [-0.15, -0.1) is 0 Å². The second-order valence-corrected chi connectivity index (χ2v) is 3.89. The predicted octanol–water partition coefficient (Wildman–Crippen LogP) is 2.48. The number of hydrogen-bond acceptors (Lipinski definition) is 3. The SMILES string of the molecule is Cc1nc(N(C)CCC(F)(F)F)ccc1C(=O)O. The van der Waals surface area contributed by atoms with Crippen LogP contribution >= 0.6 is 0 Å². The number of anilines is 1. The van der Waals surface area contributed by atoms with E-state index >= 15 is 0 Å². The first-order chi connectivity index (χ1) is 8.20. The summed E-state index contributed by atoms with van der Waals surface area (Å²) in [5, 5.41) is 8.80. The van der Waals surface area contributed by atoms with Crippen molar-refractivity contribution in [2.45, 2.75) is 19.5 Å². The van der Waals surface area contributed by atoms with Gasteiger partial charge in [-0.05, 0) is 19.1 Å². The van der Waals surface area contributed by atoms with Crippen molar-refractivity contribution in [3.05, 3.63) is 23.4 Å². The van der Waals surface area contributed by atoms with E-state index in [1.165, 1.54) is 31.0 Å². The molecule has 1 aromatic rings. The Kier molecular flexibility index (Phi) is 4.15. The zero-order chi connectivity index (χ0) is 13.9. The van der Waals surface area contributed by atoms with Crippen LogP contribution in [0.3, 0.4) is 0 Å². The smallest absolute Gasteiger partial charge is 0.390 e. The molecule has 0 amide bonds. The Hall–Kier alpha value is -1.79. The number of aromatic nitrogens is 1. The first-order valence-electron chi connectivity index (χ1n) is 5.19. The van der Waals surface area contributed by atoms with E-state index in [0.29, 0.717) is 5.82 Å². The Morgan fingerprint density at radius 2 is 2.06 bits per heavy atom. The van der Waals surface area contributed by atoms with Crippen LogP contribution in [-0.2, 0) is 0 Å². The number of hydrogen-bond donors (Lipinski definition) is 1. The highest BCUT2D eigenvalue weighted by Gasteiger charge is 2.27. The Morgan fingerprint density at radius 1 is 1.44 bits per heavy atom. The lowest BCUT2D eigenvalue weighted by Crippen LogP contribution is -2.25. The number of carboxylic acids is 1. The molecule has 18 heavy (non-hydrogen) atoms. The van der Waals surface area contributed by atoms with E-state index in [9.17, 15) is 18.0 Å². The topological polar surface area (TPSA) is 53.4 Å². The summed E-state index contributed by atoms with van der Waals surface area (Å²) in [6, 6.07) is 2.73. The number of aromatic carboxylic acids is 1. The van der Waals surface area contributed by atoms with E-state index in [1.54, 1.807) is 0 Å². The van der Waals surface area contributed by atoms with Crippen molar-refractivity contribution < 1.29 is 23.1 Å². The highest BCUT2D eigenvalue weighted by atomic mass is 19.4. The molecule has 1 aromatic heterocycles. The lowest BCUT2D eigenvalue weighted by Gasteiger charge is -2.19. The molecule has 1 N–H and O–H groups in total. The molecule has 1 rings (SSSR count). The lowest BCUT2D eigenvalue weighted by atomic mass is 10.2. The maximum absolute atomic E-state index is 12.1.